The molecule has 2 aliphatic carbocycles. The Morgan fingerprint density at radius 3 is 2.44 bits per heavy atom. The van der Waals surface area contributed by atoms with Gasteiger partial charge in [-0.05, 0) is 31.1 Å². The van der Waals surface area contributed by atoms with E-state index in [-0.39, 0.29) is 0 Å². The third kappa shape index (κ3) is 3.15. The fourth-order valence-corrected chi connectivity index (χ4v) is 6.96. The zero-order valence-electron chi connectivity index (χ0n) is 10.1. The van der Waals surface area contributed by atoms with Gasteiger partial charge in [0, 0.05) is 7.85 Å². The van der Waals surface area contributed by atoms with Crippen molar-refractivity contribution < 1.29 is 0 Å². The maximum absolute atomic E-state index is 2.70. The fraction of sp³-hybridized carbons (Fsp3) is 0.857. The number of allylic oxidation sites excluding steroid dienone is 2. The Morgan fingerprint density at radius 1 is 1.19 bits per heavy atom. The molecule has 0 aromatic carbocycles. The van der Waals surface area contributed by atoms with Crippen LogP contribution in [0, 0.1) is 11.8 Å². The molecule has 2 aliphatic rings. The highest BCUT2D eigenvalue weighted by molar-refractivity contribution is 14.1. The van der Waals surface area contributed by atoms with Crippen LogP contribution in [0.4, 0.5) is 0 Å². The lowest BCUT2D eigenvalue weighted by atomic mass is 9.77. The summed E-state index contributed by atoms with van der Waals surface area (Å²) < 4.78 is 1.67. The van der Waals surface area contributed by atoms with Crippen LogP contribution in [0.25, 0.3) is 0 Å². The maximum Gasteiger partial charge on any atom is 0.0330 e. The zero-order valence-corrected chi connectivity index (χ0v) is 14.4. The monoisotopic (exact) mass is 444 g/mol. The van der Waals surface area contributed by atoms with Gasteiger partial charge in [-0.3, -0.25) is 0 Å². The van der Waals surface area contributed by atoms with Crippen LogP contribution in [0.1, 0.15) is 51.9 Å². The second kappa shape index (κ2) is 6.39. The highest BCUT2D eigenvalue weighted by atomic mass is 127. The normalized spacial score (nSPS) is 37.2. The van der Waals surface area contributed by atoms with E-state index in [1.54, 1.807) is 0 Å². The molecular formula is C14H22I2. The van der Waals surface area contributed by atoms with Crippen molar-refractivity contribution in [2.75, 3.05) is 0 Å². The minimum Gasteiger partial charge on any atom is -0.0819 e. The van der Waals surface area contributed by atoms with E-state index in [9.17, 15) is 0 Å². The predicted molar refractivity (Wildman–Crippen MR) is 88.7 cm³/mol. The van der Waals surface area contributed by atoms with Gasteiger partial charge in [0.25, 0.3) is 0 Å². The standard InChI is InChI=1S/C14H22I2/c1-2-12-13(15)8-11(9-14(12)16)10-6-4-3-5-7-10/h8,10,12-14H,2-7,9H2,1H3. The maximum atomic E-state index is 2.70. The topological polar surface area (TPSA) is 0 Å². The van der Waals surface area contributed by atoms with Gasteiger partial charge in [-0.1, -0.05) is 89.4 Å². The Morgan fingerprint density at radius 2 is 1.88 bits per heavy atom. The van der Waals surface area contributed by atoms with Crippen LogP contribution in [0.5, 0.6) is 0 Å². The van der Waals surface area contributed by atoms with Gasteiger partial charge in [-0.15, -0.1) is 0 Å². The average Bonchev–Trinajstić information content (AvgIpc) is 2.30. The SMILES string of the molecule is CCC1C(I)C=C(C2CCCCC2)CC1I. The van der Waals surface area contributed by atoms with Crippen LogP contribution < -0.4 is 0 Å². The van der Waals surface area contributed by atoms with Gasteiger partial charge < -0.3 is 0 Å². The van der Waals surface area contributed by atoms with Crippen molar-refractivity contribution in [2.45, 2.75) is 59.7 Å². The fourth-order valence-electron chi connectivity index (χ4n) is 3.23. The van der Waals surface area contributed by atoms with E-state index < -0.39 is 0 Å². The minimum absolute atomic E-state index is 0.787. The lowest BCUT2D eigenvalue weighted by Gasteiger charge is -2.35. The van der Waals surface area contributed by atoms with Crippen molar-refractivity contribution in [2.24, 2.45) is 11.8 Å². The predicted octanol–water partition coefficient (Wildman–Crippen LogP) is 5.53. The Balaban J connectivity index is 2.05. The van der Waals surface area contributed by atoms with E-state index in [0.717, 1.165) is 19.7 Å². The summed E-state index contributed by atoms with van der Waals surface area (Å²) in [6.07, 6.45) is 12.7. The molecule has 3 atom stereocenters. The highest BCUT2D eigenvalue weighted by Gasteiger charge is 2.31. The third-order valence-corrected chi connectivity index (χ3v) is 6.93. The molecule has 0 spiro atoms. The van der Waals surface area contributed by atoms with Crippen molar-refractivity contribution in [3.63, 3.8) is 0 Å². The summed E-state index contributed by atoms with van der Waals surface area (Å²) in [5.41, 5.74) is 1.81. The summed E-state index contributed by atoms with van der Waals surface area (Å²) in [4.78, 5) is 0. The highest BCUT2D eigenvalue weighted by Crippen LogP contribution is 2.42. The van der Waals surface area contributed by atoms with Crippen molar-refractivity contribution in [1.29, 1.82) is 0 Å². The molecule has 0 radical (unpaired) electrons. The Labute approximate surface area is 127 Å². The second-order valence-corrected chi connectivity index (χ2v) is 8.35. The molecule has 0 aromatic heterocycles. The van der Waals surface area contributed by atoms with E-state index in [4.69, 9.17) is 0 Å². The lowest BCUT2D eigenvalue weighted by molar-refractivity contribution is 0.377. The number of rotatable bonds is 2. The first kappa shape index (κ1) is 13.6. The molecule has 0 nitrogen and oxygen atoms in total. The van der Waals surface area contributed by atoms with Crippen LogP contribution >= 0.6 is 45.2 Å². The van der Waals surface area contributed by atoms with Gasteiger partial charge in [0.15, 0.2) is 0 Å². The summed E-state index contributed by atoms with van der Waals surface area (Å²) in [5.74, 6) is 1.86. The van der Waals surface area contributed by atoms with Gasteiger partial charge in [-0.25, -0.2) is 0 Å². The van der Waals surface area contributed by atoms with E-state index in [1.165, 1.54) is 44.9 Å². The smallest absolute Gasteiger partial charge is 0.0330 e. The Hall–Kier alpha value is 1.20. The van der Waals surface area contributed by atoms with Crippen LogP contribution in [0.2, 0.25) is 0 Å². The summed E-state index contributed by atoms with van der Waals surface area (Å²) >= 11 is 5.36. The van der Waals surface area contributed by atoms with Crippen LogP contribution in [0.15, 0.2) is 11.6 Å². The molecule has 92 valence electrons. The molecule has 0 aromatic rings. The lowest BCUT2D eigenvalue weighted by Crippen LogP contribution is -2.29. The van der Waals surface area contributed by atoms with E-state index in [1.807, 2.05) is 5.57 Å². The molecule has 1 saturated carbocycles. The number of halogens is 2. The first-order valence-corrected chi connectivity index (χ1v) is 9.20. The van der Waals surface area contributed by atoms with Gasteiger partial charge in [-0.2, -0.15) is 0 Å². The first-order valence-electron chi connectivity index (χ1n) is 6.71. The van der Waals surface area contributed by atoms with Gasteiger partial charge in [0.2, 0.25) is 0 Å². The van der Waals surface area contributed by atoms with Gasteiger partial charge >= 0.3 is 0 Å². The molecule has 0 heterocycles. The summed E-state index contributed by atoms with van der Waals surface area (Å²) in [6, 6.07) is 0. The molecule has 0 N–H and O–H groups in total. The van der Waals surface area contributed by atoms with E-state index in [2.05, 4.69) is 58.2 Å². The summed E-state index contributed by atoms with van der Waals surface area (Å²) in [6.45, 7) is 2.35. The summed E-state index contributed by atoms with van der Waals surface area (Å²) in [7, 11) is 0. The van der Waals surface area contributed by atoms with Crippen molar-refractivity contribution in [3.8, 4) is 0 Å². The van der Waals surface area contributed by atoms with Crippen LogP contribution in [-0.2, 0) is 0 Å². The number of hydrogen-bond acceptors (Lipinski definition) is 0. The Kier molecular flexibility index (Phi) is 5.44. The van der Waals surface area contributed by atoms with Gasteiger partial charge in [0.05, 0.1) is 0 Å². The molecule has 3 unspecified atom stereocenters. The number of hydrogen-bond donors (Lipinski definition) is 0. The van der Waals surface area contributed by atoms with E-state index in [0.29, 0.717) is 0 Å². The molecule has 2 heteroatoms. The molecule has 2 rings (SSSR count). The van der Waals surface area contributed by atoms with Crippen molar-refractivity contribution in [3.05, 3.63) is 11.6 Å². The van der Waals surface area contributed by atoms with Crippen LogP contribution in [0.3, 0.4) is 0 Å². The largest absolute Gasteiger partial charge is 0.0819 e. The molecule has 0 saturated heterocycles. The minimum atomic E-state index is 0.787. The molecule has 0 aliphatic heterocycles. The summed E-state index contributed by atoms with van der Waals surface area (Å²) in [5, 5.41) is 0. The first-order chi connectivity index (χ1) is 7.72. The van der Waals surface area contributed by atoms with Crippen LogP contribution in [-0.4, -0.2) is 7.85 Å². The zero-order chi connectivity index (χ0) is 11.5. The number of alkyl halides is 2. The molecule has 1 fully saturated rings. The second-order valence-electron chi connectivity index (χ2n) is 5.31. The molecular weight excluding hydrogens is 422 g/mol. The van der Waals surface area contributed by atoms with E-state index >= 15 is 0 Å². The average molecular weight is 444 g/mol. The van der Waals surface area contributed by atoms with Gasteiger partial charge in [0.1, 0.15) is 0 Å². The molecule has 16 heavy (non-hydrogen) atoms. The molecule has 0 bridgehead atoms. The molecule has 0 amide bonds. The van der Waals surface area contributed by atoms with Crippen molar-refractivity contribution in [1.82, 2.24) is 0 Å². The third-order valence-electron chi connectivity index (χ3n) is 4.28. The Bertz CT molecular complexity index is 253. The van der Waals surface area contributed by atoms with Crippen molar-refractivity contribution >= 4 is 45.2 Å². The quantitative estimate of drug-likeness (QED) is 0.299.